The molecule has 1 amide bonds. The van der Waals surface area contributed by atoms with E-state index in [0.717, 1.165) is 13.0 Å². The van der Waals surface area contributed by atoms with E-state index in [4.69, 9.17) is 0 Å². The Labute approximate surface area is 117 Å². The smallest absolute Gasteiger partial charge is 0.236 e. The molecule has 0 radical (unpaired) electrons. The lowest BCUT2D eigenvalue weighted by Gasteiger charge is -2.22. The summed E-state index contributed by atoms with van der Waals surface area (Å²) in [6, 6.07) is 10.6. The van der Waals surface area contributed by atoms with E-state index in [0.29, 0.717) is 12.5 Å². The Bertz CT molecular complexity index is 376. The normalized spacial score (nSPS) is 12.5. The van der Waals surface area contributed by atoms with Crippen molar-refractivity contribution in [2.45, 2.75) is 33.2 Å². The van der Waals surface area contributed by atoms with Crippen molar-refractivity contribution in [3.63, 3.8) is 0 Å². The van der Waals surface area contributed by atoms with Gasteiger partial charge in [0.05, 0.1) is 6.54 Å². The van der Waals surface area contributed by atoms with Crippen LogP contribution in [-0.4, -0.2) is 30.9 Å². The van der Waals surface area contributed by atoms with Crippen molar-refractivity contribution in [2.24, 2.45) is 5.92 Å². The van der Waals surface area contributed by atoms with E-state index in [1.807, 2.05) is 32.2 Å². The molecule has 0 aliphatic heterocycles. The van der Waals surface area contributed by atoms with Crippen molar-refractivity contribution >= 4 is 5.91 Å². The van der Waals surface area contributed by atoms with E-state index in [1.165, 1.54) is 5.56 Å². The highest BCUT2D eigenvalue weighted by Gasteiger charge is 2.15. The fourth-order valence-corrected chi connectivity index (χ4v) is 2.02. The molecule has 1 N–H and O–H groups in total. The number of nitrogens with zero attached hydrogens (tertiary/aromatic N) is 1. The highest BCUT2D eigenvalue weighted by molar-refractivity contribution is 5.77. The van der Waals surface area contributed by atoms with Crippen LogP contribution in [0.5, 0.6) is 0 Å². The maximum absolute atomic E-state index is 11.9. The van der Waals surface area contributed by atoms with Crippen LogP contribution < -0.4 is 5.32 Å². The summed E-state index contributed by atoms with van der Waals surface area (Å²) in [6.45, 7) is 7.55. The van der Waals surface area contributed by atoms with Gasteiger partial charge in [0.15, 0.2) is 0 Å². The number of carbonyl (C=O) groups excluding carboxylic acids is 1. The third-order valence-corrected chi connectivity index (χ3v) is 3.31. The van der Waals surface area contributed by atoms with E-state index in [9.17, 15) is 4.79 Å². The Hall–Kier alpha value is -1.35. The number of carbonyl (C=O) groups is 1. The van der Waals surface area contributed by atoms with Crippen molar-refractivity contribution in [2.75, 3.05) is 20.1 Å². The van der Waals surface area contributed by atoms with Crippen molar-refractivity contribution in [1.29, 1.82) is 0 Å². The number of rotatable bonds is 7. The summed E-state index contributed by atoms with van der Waals surface area (Å²) in [7, 11) is 1.84. The van der Waals surface area contributed by atoms with Gasteiger partial charge in [-0.25, -0.2) is 0 Å². The van der Waals surface area contributed by atoms with E-state index < -0.39 is 0 Å². The molecule has 0 bridgehead atoms. The summed E-state index contributed by atoms with van der Waals surface area (Å²) in [5.74, 6) is 0.740. The summed E-state index contributed by atoms with van der Waals surface area (Å²) in [6.07, 6.45) is 1.03. The van der Waals surface area contributed by atoms with Gasteiger partial charge >= 0.3 is 0 Å². The SMILES string of the molecule is CCN(C)C(=O)CNC(CC(C)C)c1ccccc1. The highest BCUT2D eigenvalue weighted by Crippen LogP contribution is 2.20. The lowest BCUT2D eigenvalue weighted by atomic mass is 9.97. The van der Waals surface area contributed by atoms with Gasteiger partial charge < -0.3 is 10.2 Å². The molecular formula is C16H26N2O. The molecule has 19 heavy (non-hydrogen) atoms. The zero-order chi connectivity index (χ0) is 14.3. The minimum absolute atomic E-state index is 0.146. The average Bonchev–Trinajstić information content (AvgIpc) is 2.42. The summed E-state index contributed by atoms with van der Waals surface area (Å²) >= 11 is 0. The largest absolute Gasteiger partial charge is 0.345 e. The minimum atomic E-state index is 0.146. The van der Waals surface area contributed by atoms with Gasteiger partial charge in [0, 0.05) is 19.6 Å². The number of benzene rings is 1. The third kappa shape index (κ3) is 5.43. The molecular weight excluding hydrogens is 236 g/mol. The van der Waals surface area contributed by atoms with Gasteiger partial charge in [-0.1, -0.05) is 44.2 Å². The van der Waals surface area contributed by atoms with Crippen LogP contribution in [0, 0.1) is 5.92 Å². The summed E-state index contributed by atoms with van der Waals surface area (Å²) in [5.41, 5.74) is 1.25. The molecule has 0 saturated carbocycles. The van der Waals surface area contributed by atoms with E-state index in [2.05, 4.69) is 31.3 Å². The third-order valence-electron chi connectivity index (χ3n) is 3.31. The van der Waals surface area contributed by atoms with Gasteiger partial charge in [-0.05, 0) is 24.8 Å². The summed E-state index contributed by atoms with van der Waals surface area (Å²) in [4.78, 5) is 13.6. The van der Waals surface area contributed by atoms with E-state index in [-0.39, 0.29) is 11.9 Å². The number of hydrogen-bond donors (Lipinski definition) is 1. The Morgan fingerprint density at radius 3 is 2.42 bits per heavy atom. The van der Waals surface area contributed by atoms with Crippen LogP contribution in [0.3, 0.4) is 0 Å². The lowest BCUT2D eigenvalue weighted by Crippen LogP contribution is -2.37. The molecule has 3 heteroatoms. The number of hydrogen-bond acceptors (Lipinski definition) is 2. The molecule has 1 aromatic carbocycles. The van der Waals surface area contributed by atoms with Crippen LogP contribution in [-0.2, 0) is 4.79 Å². The van der Waals surface area contributed by atoms with Gasteiger partial charge in [-0.3, -0.25) is 4.79 Å². The molecule has 1 aromatic rings. The van der Waals surface area contributed by atoms with Crippen molar-refractivity contribution in [1.82, 2.24) is 10.2 Å². The molecule has 0 saturated heterocycles. The Morgan fingerprint density at radius 2 is 1.89 bits per heavy atom. The molecule has 106 valence electrons. The summed E-state index contributed by atoms with van der Waals surface area (Å²) < 4.78 is 0. The molecule has 0 aliphatic rings. The molecule has 3 nitrogen and oxygen atoms in total. The second-order valence-electron chi connectivity index (χ2n) is 5.38. The number of likely N-dealkylation sites (N-methyl/N-ethyl adjacent to an activating group) is 1. The zero-order valence-corrected chi connectivity index (χ0v) is 12.5. The predicted molar refractivity (Wildman–Crippen MR) is 80.0 cm³/mol. The van der Waals surface area contributed by atoms with Gasteiger partial charge in [-0.15, -0.1) is 0 Å². The van der Waals surface area contributed by atoms with Crippen molar-refractivity contribution in [3.05, 3.63) is 35.9 Å². The maximum Gasteiger partial charge on any atom is 0.236 e. The van der Waals surface area contributed by atoms with Crippen molar-refractivity contribution < 1.29 is 4.79 Å². The van der Waals surface area contributed by atoms with Crippen LogP contribution in [0.15, 0.2) is 30.3 Å². The molecule has 0 spiro atoms. The fourth-order valence-electron chi connectivity index (χ4n) is 2.02. The van der Waals surface area contributed by atoms with Gasteiger partial charge in [0.1, 0.15) is 0 Å². The molecule has 0 fully saturated rings. The quantitative estimate of drug-likeness (QED) is 0.819. The Balaban J connectivity index is 2.63. The van der Waals surface area contributed by atoms with Crippen LogP contribution >= 0.6 is 0 Å². The molecule has 1 unspecified atom stereocenters. The van der Waals surface area contributed by atoms with Crippen LogP contribution in [0.1, 0.15) is 38.8 Å². The molecule has 0 aliphatic carbocycles. The number of amides is 1. The second-order valence-corrected chi connectivity index (χ2v) is 5.38. The van der Waals surface area contributed by atoms with E-state index in [1.54, 1.807) is 4.90 Å². The first-order valence-corrected chi connectivity index (χ1v) is 7.06. The molecule has 1 atom stereocenters. The van der Waals surface area contributed by atoms with Crippen LogP contribution in [0.2, 0.25) is 0 Å². The monoisotopic (exact) mass is 262 g/mol. The van der Waals surface area contributed by atoms with Crippen molar-refractivity contribution in [3.8, 4) is 0 Å². The minimum Gasteiger partial charge on any atom is -0.345 e. The average molecular weight is 262 g/mol. The topological polar surface area (TPSA) is 32.3 Å². The van der Waals surface area contributed by atoms with Crippen LogP contribution in [0.4, 0.5) is 0 Å². The Kier molecular flexibility index (Phi) is 6.57. The highest BCUT2D eigenvalue weighted by atomic mass is 16.2. The van der Waals surface area contributed by atoms with Gasteiger partial charge in [-0.2, -0.15) is 0 Å². The lowest BCUT2D eigenvalue weighted by molar-refractivity contribution is -0.128. The van der Waals surface area contributed by atoms with Gasteiger partial charge in [0.2, 0.25) is 5.91 Å². The number of nitrogens with one attached hydrogen (secondary N) is 1. The molecule has 0 heterocycles. The standard InChI is InChI=1S/C16H26N2O/c1-5-18(4)16(19)12-17-15(11-13(2)3)14-9-7-6-8-10-14/h6-10,13,15,17H,5,11-12H2,1-4H3. The maximum atomic E-state index is 11.9. The Morgan fingerprint density at radius 1 is 1.26 bits per heavy atom. The van der Waals surface area contributed by atoms with E-state index >= 15 is 0 Å². The summed E-state index contributed by atoms with van der Waals surface area (Å²) in [5, 5.41) is 3.39. The predicted octanol–water partition coefficient (Wildman–Crippen LogP) is 2.84. The first kappa shape index (κ1) is 15.7. The fraction of sp³-hybridized carbons (Fsp3) is 0.562. The first-order chi connectivity index (χ1) is 9.04. The molecule has 1 rings (SSSR count). The van der Waals surface area contributed by atoms with Crippen LogP contribution in [0.25, 0.3) is 0 Å². The second kappa shape index (κ2) is 7.95. The zero-order valence-electron chi connectivity index (χ0n) is 12.5. The molecule has 0 aromatic heterocycles. The van der Waals surface area contributed by atoms with Gasteiger partial charge in [0.25, 0.3) is 0 Å². The first-order valence-electron chi connectivity index (χ1n) is 7.06.